The van der Waals surface area contributed by atoms with Gasteiger partial charge in [-0.1, -0.05) is 72.8 Å². The lowest BCUT2D eigenvalue weighted by Gasteiger charge is -2.32. The molecule has 1 aromatic heterocycles. The summed E-state index contributed by atoms with van der Waals surface area (Å²) in [7, 11) is -2.51. The maximum atomic E-state index is 14.7. The van der Waals surface area contributed by atoms with Gasteiger partial charge in [-0.2, -0.15) is 4.31 Å². The van der Waals surface area contributed by atoms with Crippen molar-refractivity contribution in [3.05, 3.63) is 148 Å². The molecule has 0 bridgehead atoms. The number of rotatable bonds is 8. The molecule has 210 valence electrons. The molecule has 0 aliphatic carbocycles. The van der Waals surface area contributed by atoms with Gasteiger partial charge in [0.25, 0.3) is 5.91 Å². The molecular weight excluding hydrogens is 570 g/mol. The Morgan fingerprint density at radius 2 is 1.57 bits per heavy atom. The van der Waals surface area contributed by atoms with E-state index in [4.69, 9.17) is 0 Å². The fourth-order valence-corrected chi connectivity index (χ4v) is 7.36. The molecule has 9 heteroatoms. The van der Waals surface area contributed by atoms with Gasteiger partial charge in [0.15, 0.2) is 0 Å². The number of amides is 1. The average molecular weight is 596 g/mol. The second-order valence-corrected chi connectivity index (χ2v) is 12.7. The minimum Gasteiger partial charge on any atom is -0.311 e. The molecule has 0 saturated carbocycles. The molecule has 0 radical (unpaired) electrons. The van der Waals surface area contributed by atoms with Crippen LogP contribution in [0.1, 0.15) is 33.3 Å². The van der Waals surface area contributed by atoms with Crippen molar-refractivity contribution >= 4 is 44.6 Å². The first kappa shape index (κ1) is 27.7. The molecule has 1 amide bonds. The first-order valence-electron chi connectivity index (χ1n) is 13.2. The summed E-state index contributed by atoms with van der Waals surface area (Å²) < 4.78 is 44.6. The number of carbonyl (C=O) groups excluding carboxylic acids is 1. The lowest BCUT2D eigenvalue weighted by atomic mass is 9.98. The summed E-state index contributed by atoms with van der Waals surface area (Å²) in [6.45, 7) is -0.00516. The molecule has 0 N–H and O–H groups in total. The molecule has 0 fully saturated rings. The molecule has 0 unspecified atom stereocenters. The van der Waals surface area contributed by atoms with E-state index in [0.717, 1.165) is 11.1 Å². The summed E-state index contributed by atoms with van der Waals surface area (Å²) >= 11 is 1.39. The van der Waals surface area contributed by atoms with Gasteiger partial charge in [0.05, 0.1) is 22.2 Å². The van der Waals surface area contributed by atoms with Gasteiger partial charge in [0, 0.05) is 30.7 Å². The number of nitrogens with zero attached hydrogens (tertiary/aromatic N) is 3. The van der Waals surface area contributed by atoms with E-state index in [2.05, 4.69) is 4.98 Å². The second kappa shape index (κ2) is 11.4. The quantitative estimate of drug-likeness (QED) is 0.186. The molecule has 6 nitrogen and oxygen atoms in total. The third kappa shape index (κ3) is 5.30. The number of carbonyl (C=O) groups is 1. The average Bonchev–Trinajstić information content (AvgIpc) is 3.61. The third-order valence-electron chi connectivity index (χ3n) is 7.25. The van der Waals surface area contributed by atoms with Gasteiger partial charge in [0.1, 0.15) is 10.8 Å². The summed E-state index contributed by atoms with van der Waals surface area (Å²) in [5, 5.41) is 2.47. The van der Waals surface area contributed by atoms with Crippen molar-refractivity contribution in [2.45, 2.75) is 17.5 Å². The van der Waals surface area contributed by atoms with Crippen molar-refractivity contribution in [2.24, 2.45) is 0 Å². The first-order valence-corrected chi connectivity index (χ1v) is 15.5. The van der Waals surface area contributed by atoms with Crippen molar-refractivity contribution < 1.29 is 17.6 Å². The Morgan fingerprint density at radius 1 is 0.929 bits per heavy atom. The summed E-state index contributed by atoms with van der Waals surface area (Å²) in [5.74, 6) is -0.632. The number of benzene rings is 4. The van der Waals surface area contributed by atoms with Crippen LogP contribution in [0.5, 0.6) is 0 Å². The number of thiazole rings is 1. The summed E-state index contributed by atoms with van der Waals surface area (Å²) in [6.07, 6.45) is 3.35. The van der Waals surface area contributed by atoms with Crippen molar-refractivity contribution in [3.8, 4) is 0 Å². The van der Waals surface area contributed by atoms with E-state index >= 15 is 0 Å². The maximum absolute atomic E-state index is 14.7. The van der Waals surface area contributed by atoms with Gasteiger partial charge in [-0.3, -0.25) is 4.79 Å². The highest BCUT2D eigenvalue weighted by molar-refractivity contribution is 7.89. The van der Waals surface area contributed by atoms with E-state index in [1.165, 1.54) is 38.7 Å². The minimum absolute atomic E-state index is 0.00516. The molecule has 5 aromatic rings. The van der Waals surface area contributed by atoms with Gasteiger partial charge >= 0.3 is 0 Å². The standard InChI is InChI=1S/C33H26FN3O3S2/c1-36-30-17-16-27(20-28(30)29(33(36)38)21-31-35-18-19-41-31)42(39,40)37(22-23-12-14-26(34)15-13-23)32(24-8-4-2-5-9-24)25-10-6-3-7-11-25/h2-21,32H,22H2,1H3/b29-21+. The highest BCUT2D eigenvalue weighted by atomic mass is 32.2. The predicted octanol–water partition coefficient (Wildman–Crippen LogP) is 6.78. The van der Waals surface area contributed by atoms with Crippen LogP contribution in [0.25, 0.3) is 11.6 Å². The number of hydrogen-bond acceptors (Lipinski definition) is 5. The van der Waals surface area contributed by atoms with Crippen molar-refractivity contribution in [2.75, 3.05) is 11.9 Å². The van der Waals surface area contributed by atoms with E-state index in [1.807, 2.05) is 66.0 Å². The molecule has 2 heterocycles. The molecular formula is C33H26FN3O3S2. The minimum atomic E-state index is -4.18. The number of anilines is 1. The van der Waals surface area contributed by atoms with Crippen LogP contribution in [0.2, 0.25) is 0 Å². The van der Waals surface area contributed by atoms with E-state index in [0.29, 0.717) is 27.4 Å². The Bertz CT molecular complexity index is 1820. The van der Waals surface area contributed by atoms with Crippen molar-refractivity contribution in [1.29, 1.82) is 0 Å². The monoisotopic (exact) mass is 595 g/mol. The molecule has 1 aliphatic rings. The van der Waals surface area contributed by atoms with Gasteiger partial charge in [-0.05, 0) is 53.1 Å². The largest absolute Gasteiger partial charge is 0.311 e. The lowest BCUT2D eigenvalue weighted by molar-refractivity contribution is -0.112. The Labute approximate surface area is 248 Å². The zero-order valence-corrected chi connectivity index (χ0v) is 24.2. The molecule has 0 atom stereocenters. The van der Waals surface area contributed by atoms with Crippen LogP contribution in [0.4, 0.5) is 10.1 Å². The van der Waals surface area contributed by atoms with Gasteiger partial charge < -0.3 is 4.90 Å². The number of hydrogen-bond donors (Lipinski definition) is 0. The lowest BCUT2D eigenvalue weighted by Crippen LogP contribution is -2.35. The van der Waals surface area contributed by atoms with E-state index in [1.54, 1.807) is 43.6 Å². The van der Waals surface area contributed by atoms with Gasteiger partial charge in [0.2, 0.25) is 10.0 Å². The summed E-state index contributed by atoms with van der Waals surface area (Å²) in [4.78, 5) is 19.0. The molecule has 42 heavy (non-hydrogen) atoms. The van der Waals surface area contributed by atoms with E-state index in [-0.39, 0.29) is 17.3 Å². The number of sulfonamides is 1. The molecule has 4 aromatic carbocycles. The topological polar surface area (TPSA) is 70.6 Å². The maximum Gasteiger partial charge on any atom is 0.258 e. The molecule has 0 spiro atoms. The van der Waals surface area contributed by atoms with Crippen LogP contribution in [0, 0.1) is 5.82 Å². The molecule has 1 aliphatic heterocycles. The van der Waals surface area contributed by atoms with Crippen LogP contribution < -0.4 is 4.90 Å². The van der Waals surface area contributed by atoms with Gasteiger partial charge in [-0.15, -0.1) is 11.3 Å². The fourth-order valence-electron chi connectivity index (χ4n) is 5.17. The van der Waals surface area contributed by atoms with Crippen LogP contribution >= 0.6 is 11.3 Å². The first-order chi connectivity index (χ1) is 20.3. The van der Waals surface area contributed by atoms with E-state index < -0.39 is 21.9 Å². The zero-order chi connectivity index (χ0) is 29.3. The zero-order valence-electron chi connectivity index (χ0n) is 22.6. The predicted molar refractivity (Wildman–Crippen MR) is 164 cm³/mol. The molecule has 6 rings (SSSR count). The summed E-state index contributed by atoms with van der Waals surface area (Å²) in [5.41, 5.74) is 3.74. The normalized spacial score (nSPS) is 14.2. The number of aromatic nitrogens is 1. The van der Waals surface area contributed by atoms with Crippen molar-refractivity contribution in [3.63, 3.8) is 0 Å². The Kier molecular flexibility index (Phi) is 7.55. The smallest absolute Gasteiger partial charge is 0.258 e. The number of fused-ring (bicyclic) bond motifs is 1. The third-order valence-corrected chi connectivity index (χ3v) is 9.78. The SMILES string of the molecule is CN1C(=O)/C(=C/c2nccs2)c2cc(S(=O)(=O)N(Cc3ccc(F)cc3)C(c3ccccc3)c3ccccc3)ccc21. The van der Waals surface area contributed by atoms with Crippen LogP contribution in [0.3, 0.4) is 0 Å². The Morgan fingerprint density at radius 3 is 2.17 bits per heavy atom. The fraction of sp³-hybridized carbons (Fsp3) is 0.0909. The number of halogens is 1. The highest BCUT2D eigenvalue weighted by Gasteiger charge is 2.36. The summed E-state index contributed by atoms with van der Waals surface area (Å²) in [6, 6.07) is 28.8. The van der Waals surface area contributed by atoms with Crippen molar-refractivity contribution in [1.82, 2.24) is 9.29 Å². The van der Waals surface area contributed by atoms with Gasteiger partial charge in [-0.25, -0.2) is 17.8 Å². The Hall–Kier alpha value is -4.44. The van der Waals surface area contributed by atoms with Crippen LogP contribution in [-0.2, 0) is 21.4 Å². The number of likely N-dealkylation sites (N-methyl/N-ethyl adjacent to an activating group) is 1. The highest BCUT2D eigenvalue weighted by Crippen LogP contribution is 2.41. The molecule has 0 saturated heterocycles. The van der Waals surface area contributed by atoms with Crippen LogP contribution in [0.15, 0.2) is 120 Å². The van der Waals surface area contributed by atoms with Crippen LogP contribution in [-0.4, -0.2) is 30.7 Å². The second-order valence-electron chi connectivity index (χ2n) is 9.87. The van der Waals surface area contributed by atoms with E-state index in [9.17, 15) is 17.6 Å². The Balaban J connectivity index is 1.52.